The molecule has 26 heavy (non-hydrogen) atoms. The summed E-state index contributed by atoms with van der Waals surface area (Å²) in [4.78, 5) is 31.1. The Morgan fingerprint density at radius 3 is 2.81 bits per heavy atom. The fraction of sp³-hybridized carbons (Fsp3) is 0.278. The molecule has 1 aromatic carbocycles. The number of benzene rings is 1. The van der Waals surface area contributed by atoms with Crippen molar-refractivity contribution in [1.82, 2.24) is 14.5 Å². The van der Waals surface area contributed by atoms with E-state index in [4.69, 9.17) is 0 Å². The van der Waals surface area contributed by atoms with E-state index in [0.717, 1.165) is 12.1 Å². The molecule has 1 atom stereocenters. The first kappa shape index (κ1) is 18.2. The van der Waals surface area contributed by atoms with Gasteiger partial charge in [0.05, 0.1) is 17.8 Å². The average molecular weight is 377 g/mol. The summed E-state index contributed by atoms with van der Waals surface area (Å²) in [5, 5.41) is 2.33. The second kappa shape index (κ2) is 7.33. The van der Waals surface area contributed by atoms with Crippen molar-refractivity contribution in [2.24, 2.45) is 0 Å². The minimum absolute atomic E-state index is 0.0990. The molecule has 2 heterocycles. The van der Waals surface area contributed by atoms with Crippen LogP contribution in [0.1, 0.15) is 24.9 Å². The number of halogens is 2. The zero-order chi connectivity index (χ0) is 18.8. The molecule has 0 N–H and O–H groups in total. The summed E-state index contributed by atoms with van der Waals surface area (Å²) in [7, 11) is 1.59. The standard InChI is InChI=1S/C18H17F2N3O2S/c1-11(12-3-4-14(19)15(20)9-12)22(2)16(24)5-7-23-10-21-17-13(18(23)25)6-8-26-17/h3-4,6,8-11H,5,7H2,1-2H3. The Balaban J connectivity index is 1.69. The number of rotatable bonds is 5. The lowest BCUT2D eigenvalue weighted by atomic mass is 10.1. The third kappa shape index (κ3) is 3.50. The number of aryl methyl sites for hydroxylation is 1. The maximum absolute atomic E-state index is 13.4. The van der Waals surface area contributed by atoms with E-state index < -0.39 is 17.7 Å². The number of aromatic nitrogens is 2. The van der Waals surface area contributed by atoms with E-state index in [-0.39, 0.29) is 24.4 Å². The van der Waals surface area contributed by atoms with Crippen molar-refractivity contribution in [3.63, 3.8) is 0 Å². The van der Waals surface area contributed by atoms with Crippen molar-refractivity contribution in [2.45, 2.75) is 25.9 Å². The summed E-state index contributed by atoms with van der Waals surface area (Å²) in [5.41, 5.74) is 0.318. The van der Waals surface area contributed by atoms with E-state index in [2.05, 4.69) is 4.98 Å². The van der Waals surface area contributed by atoms with E-state index in [1.807, 2.05) is 0 Å². The lowest BCUT2D eigenvalue weighted by molar-refractivity contribution is -0.132. The molecule has 3 aromatic rings. The highest BCUT2D eigenvalue weighted by atomic mass is 32.1. The number of hydrogen-bond donors (Lipinski definition) is 0. The van der Waals surface area contributed by atoms with E-state index in [9.17, 15) is 18.4 Å². The summed E-state index contributed by atoms with van der Waals surface area (Å²) in [5.74, 6) is -2.08. The van der Waals surface area contributed by atoms with Gasteiger partial charge >= 0.3 is 0 Å². The molecule has 1 amide bonds. The summed E-state index contributed by atoms with van der Waals surface area (Å²) in [6.45, 7) is 1.93. The molecule has 3 rings (SSSR count). The van der Waals surface area contributed by atoms with Gasteiger partial charge in [0.1, 0.15) is 4.83 Å². The second-order valence-corrected chi connectivity index (χ2v) is 6.88. The lowest BCUT2D eigenvalue weighted by Crippen LogP contribution is -2.31. The number of carbonyl (C=O) groups is 1. The summed E-state index contributed by atoms with van der Waals surface area (Å²) in [6, 6.07) is 4.87. The molecule has 136 valence electrons. The van der Waals surface area contributed by atoms with Crippen molar-refractivity contribution in [3.05, 3.63) is 63.5 Å². The monoisotopic (exact) mass is 377 g/mol. The Morgan fingerprint density at radius 2 is 2.08 bits per heavy atom. The van der Waals surface area contributed by atoms with Crippen molar-refractivity contribution in [2.75, 3.05) is 7.05 Å². The predicted molar refractivity (Wildman–Crippen MR) is 96.0 cm³/mol. The smallest absolute Gasteiger partial charge is 0.262 e. The van der Waals surface area contributed by atoms with Crippen molar-refractivity contribution < 1.29 is 13.6 Å². The van der Waals surface area contributed by atoms with Gasteiger partial charge in [-0.25, -0.2) is 13.8 Å². The maximum atomic E-state index is 13.4. The molecule has 0 aliphatic rings. The Morgan fingerprint density at radius 1 is 1.31 bits per heavy atom. The molecule has 0 saturated carbocycles. The van der Waals surface area contributed by atoms with Crippen LogP contribution < -0.4 is 5.56 Å². The van der Waals surface area contributed by atoms with Gasteiger partial charge in [0, 0.05) is 20.0 Å². The van der Waals surface area contributed by atoms with E-state index in [1.165, 1.54) is 33.2 Å². The Labute approximate surface area is 152 Å². The van der Waals surface area contributed by atoms with Crippen LogP contribution in [0.25, 0.3) is 10.2 Å². The first-order valence-electron chi connectivity index (χ1n) is 8.01. The van der Waals surface area contributed by atoms with Crippen LogP contribution in [0, 0.1) is 11.6 Å². The molecule has 0 radical (unpaired) electrons. The zero-order valence-corrected chi connectivity index (χ0v) is 15.1. The van der Waals surface area contributed by atoms with Gasteiger partial charge in [-0.3, -0.25) is 14.2 Å². The largest absolute Gasteiger partial charge is 0.339 e. The molecule has 2 aromatic heterocycles. The van der Waals surface area contributed by atoms with Gasteiger partial charge in [0.25, 0.3) is 5.56 Å². The van der Waals surface area contributed by atoms with Crippen LogP contribution in [-0.2, 0) is 11.3 Å². The van der Waals surface area contributed by atoms with Gasteiger partial charge in [0.15, 0.2) is 11.6 Å². The highest BCUT2D eigenvalue weighted by Gasteiger charge is 2.19. The highest BCUT2D eigenvalue weighted by Crippen LogP contribution is 2.21. The molecule has 8 heteroatoms. The molecular weight excluding hydrogens is 360 g/mol. The number of hydrogen-bond acceptors (Lipinski definition) is 4. The minimum Gasteiger partial charge on any atom is -0.339 e. The topological polar surface area (TPSA) is 55.2 Å². The fourth-order valence-electron chi connectivity index (χ4n) is 2.66. The summed E-state index contributed by atoms with van der Waals surface area (Å²) in [6.07, 6.45) is 1.54. The zero-order valence-electron chi connectivity index (χ0n) is 14.3. The molecule has 0 aliphatic heterocycles. The number of thiophene rings is 1. The van der Waals surface area contributed by atoms with Gasteiger partial charge in [-0.2, -0.15) is 0 Å². The van der Waals surface area contributed by atoms with Crippen molar-refractivity contribution in [3.8, 4) is 0 Å². The van der Waals surface area contributed by atoms with Crippen LogP contribution in [0.15, 0.2) is 40.8 Å². The van der Waals surface area contributed by atoms with Crippen LogP contribution in [0.4, 0.5) is 8.78 Å². The molecule has 1 unspecified atom stereocenters. The Bertz CT molecular complexity index is 1020. The molecule has 0 spiro atoms. The molecule has 5 nitrogen and oxygen atoms in total. The third-order valence-corrected chi connectivity index (χ3v) is 5.24. The third-order valence-electron chi connectivity index (χ3n) is 4.42. The van der Waals surface area contributed by atoms with Crippen LogP contribution >= 0.6 is 11.3 Å². The normalized spacial score (nSPS) is 12.3. The Kier molecular flexibility index (Phi) is 5.13. The first-order chi connectivity index (χ1) is 12.4. The SMILES string of the molecule is CC(c1ccc(F)c(F)c1)N(C)C(=O)CCn1cnc2sccc2c1=O. The predicted octanol–water partition coefficient (Wildman–Crippen LogP) is 3.35. The van der Waals surface area contributed by atoms with Crippen molar-refractivity contribution >= 4 is 27.5 Å². The van der Waals surface area contributed by atoms with Crippen LogP contribution in [0.3, 0.4) is 0 Å². The minimum atomic E-state index is -0.947. The lowest BCUT2D eigenvalue weighted by Gasteiger charge is -2.25. The molecule has 0 saturated heterocycles. The highest BCUT2D eigenvalue weighted by molar-refractivity contribution is 7.16. The Hall–Kier alpha value is -2.61. The number of amides is 1. The molecule has 0 fully saturated rings. The number of carbonyl (C=O) groups excluding carboxylic acids is 1. The van der Waals surface area contributed by atoms with Gasteiger partial charge in [-0.1, -0.05) is 6.07 Å². The molecular formula is C18H17F2N3O2S. The summed E-state index contributed by atoms with van der Waals surface area (Å²) < 4.78 is 27.9. The van der Waals surface area contributed by atoms with Crippen LogP contribution in [0.5, 0.6) is 0 Å². The number of fused-ring (bicyclic) bond motifs is 1. The number of nitrogens with zero attached hydrogens (tertiary/aromatic N) is 3. The molecule has 0 aliphatic carbocycles. The average Bonchev–Trinajstić information content (AvgIpc) is 3.11. The quantitative estimate of drug-likeness (QED) is 0.685. The van der Waals surface area contributed by atoms with Crippen molar-refractivity contribution in [1.29, 1.82) is 0 Å². The van der Waals surface area contributed by atoms with Gasteiger partial charge in [0.2, 0.25) is 5.91 Å². The van der Waals surface area contributed by atoms with Gasteiger partial charge < -0.3 is 4.90 Å². The fourth-order valence-corrected chi connectivity index (χ4v) is 3.38. The van der Waals surface area contributed by atoms with Crippen LogP contribution in [-0.4, -0.2) is 27.4 Å². The van der Waals surface area contributed by atoms with E-state index in [0.29, 0.717) is 15.8 Å². The summed E-state index contributed by atoms with van der Waals surface area (Å²) >= 11 is 1.39. The maximum Gasteiger partial charge on any atom is 0.262 e. The van der Waals surface area contributed by atoms with Crippen LogP contribution in [0.2, 0.25) is 0 Å². The first-order valence-corrected chi connectivity index (χ1v) is 8.89. The van der Waals surface area contributed by atoms with E-state index >= 15 is 0 Å². The van der Waals surface area contributed by atoms with Gasteiger partial charge in [-0.05, 0) is 36.1 Å². The van der Waals surface area contributed by atoms with E-state index in [1.54, 1.807) is 25.4 Å². The van der Waals surface area contributed by atoms with Gasteiger partial charge in [-0.15, -0.1) is 11.3 Å². The molecule has 0 bridgehead atoms. The second-order valence-electron chi connectivity index (χ2n) is 5.99.